The predicted molar refractivity (Wildman–Crippen MR) is 136 cm³/mol. The third kappa shape index (κ3) is 5.08. The predicted octanol–water partition coefficient (Wildman–Crippen LogP) is 4.36. The SMILES string of the molecule is CC(F)Oc1cccc(-c2nn(C(C)C)c3cc(C(=O)N[C@@H]4CCC[C@H]4N4CCOCC4)cnc23)c1. The van der Waals surface area contributed by atoms with E-state index in [1.54, 1.807) is 18.3 Å². The summed E-state index contributed by atoms with van der Waals surface area (Å²) in [6, 6.07) is 9.59. The van der Waals surface area contributed by atoms with Crippen LogP contribution in [0.5, 0.6) is 5.75 Å². The van der Waals surface area contributed by atoms with Crippen LogP contribution >= 0.6 is 0 Å². The lowest BCUT2D eigenvalue weighted by molar-refractivity contribution is 0.0126. The summed E-state index contributed by atoms with van der Waals surface area (Å²) in [6.45, 7) is 8.76. The smallest absolute Gasteiger partial charge is 0.253 e. The second-order valence-electron chi connectivity index (χ2n) is 9.89. The number of carbonyl (C=O) groups is 1. The summed E-state index contributed by atoms with van der Waals surface area (Å²) in [7, 11) is 0. The Morgan fingerprint density at radius 2 is 2.00 bits per heavy atom. The molecule has 0 spiro atoms. The van der Waals surface area contributed by atoms with Gasteiger partial charge in [0.05, 0.1) is 24.3 Å². The molecule has 0 bridgehead atoms. The molecule has 2 aliphatic rings. The van der Waals surface area contributed by atoms with Crippen molar-refractivity contribution in [2.24, 2.45) is 0 Å². The second-order valence-corrected chi connectivity index (χ2v) is 9.89. The Hall–Kier alpha value is -3.04. The standard InChI is InChI=1S/C27H34FN5O3/c1-17(2)33-24-15-20(27(34)30-22-8-5-9-23(22)32-10-12-35-13-11-32)16-29-26(24)25(31-33)19-6-4-7-21(14-19)36-18(3)28/h4,6-7,14-18,22-23H,5,8-13H2,1-3H3,(H,30,34)/t18?,22-,23-/m1/s1. The Bertz CT molecular complexity index is 1220. The largest absolute Gasteiger partial charge is 0.461 e. The van der Waals surface area contributed by atoms with Crippen LogP contribution in [0.25, 0.3) is 22.3 Å². The molecule has 9 heteroatoms. The molecule has 1 saturated carbocycles. The first-order chi connectivity index (χ1) is 17.4. The van der Waals surface area contributed by atoms with Crippen LogP contribution in [0.1, 0.15) is 56.4 Å². The first kappa shape index (κ1) is 24.6. The van der Waals surface area contributed by atoms with Crippen LogP contribution in [0.4, 0.5) is 4.39 Å². The number of carbonyl (C=O) groups excluding carboxylic acids is 1. The highest BCUT2D eigenvalue weighted by Gasteiger charge is 2.34. The summed E-state index contributed by atoms with van der Waals surface area (Å²) < 4.78 is 26.0. The van der Waals surface area contributed by atoms with E-state index in [1.807, 2.05) is 36.7 Å². The van der Waals surface area contributed by atoms with Gasteiger partial charge in [0.1, 0.15) is 17.0 Å². The molecule has 2 fully saturated rings. The molecule has 3 atom stereocenters. The highest BCUT2D eigenvalue weighted by molar-refractivity contribution is 5.99. The second kappa shape index (κ2) is 10.5. The van der Waals surface area contributed by atoms with Gasteiger partial charge in [-0.25, -0.2) is 4.39 Å². The van der Waals surface area contributed by atoms with Crippen molar-refractivity contribution in [1.29, 1.82) is 0 Å². The van der Waals surface area contributed by atoms with Crippen LogP contribution in [-0.4, -0.2) is 70.3 Å². The van der Waals surface area contributed by atoms with Crippen molar-refractivity contribution in [3.05, 3.63) is 42.1 Å². The summed E-state index contributed by atoms with van der Waals surface area (Å²) in [5, 5.41) is 8.09. The summed E-state index contributed by atoms with van der Waals surface area (Å²) in [5.74, 6) is 0.317. The molecular weight excluding hydrogens is 461 g/mol. The summed E-state index contributed by atoms with van der Waals surface area (Å²) in [4.78, 5) is 20.4. The van der Waals surface area contributed by atoms with Crippen molar-refractivity contribution in [2.45, 2.75) is 64.5 Å². The lowest BCUT2D eigenvalue weighted by atomic mass is 10.1. The number of hydrogen-bond acceptors (Lipinski definition) is 6. The number of nitrogens with zero attached hydrogens (tertiary/aromatic N) is 4. The highest BCUT2D eigenvalue weighted by Crippen LogP contribution is 2.31. The molecule has 1 amide bonds. The van der Waals surface area contributed by atoms with Crippen molar-refractivity contribution in [2.75, 3.05) is 26.3 Å². The third-order valence-electron chi connectivity index (χ3n) is 7.01. The molecule has 36 heavy (non-hydrogen) atoms. The molecule has 0 radical (unpaired) electrons. The molecule has 2 aromatic heterocycles. The van der Waals surface area contributed by atoms with Gasteiger partial charge in [-0.15, -0.1) is 0 Å². The molecule has 1 aromatic carbocycles. The number of benzene rings is 1. The molecule has 1 aliphatic heterocycles. The van der Waals surface area contributed by atoms with E-state index in [-0.39, 0.29) is 18.0 Å². The van der Waals surface area contributed by atoms with Crippen LogP contribution in [0.3, 0.4) is 0 Å². The Morgan fingerprint density at radius 3 is 2.75 bits per heavy atom. The van der Waals surface area contributed by atoms with E-state index in [9.17, 15) is 9.18 Å². The molecule has 5 rings (SSSR count). The number of nitrogens with one attached hydrogen (secondary N) is 1. The Balaban J connectivity index is 1.42. The van der Waals surface area contributed by atoms with Gasteiger partial charge in [-0.2, -0.15) is 5.10 Å². The lowest BCUT2D eigenvalue weighted by Gasteiger charge is -2.35. The maximum atomic E-state index is 13.4. The van der Waals surface area contributed by atoms with Gasteiger partial charge >= 0.3 is 0 Å². The Kier molecular flexibility index (Phi) is 7.20. The molecule has 192 valence electrons. The first-order valence-corrected chi connectivity index (χ1v) is 12.8. The molecule has 1 unspecified atom stereocenters. The van der Waals surface area contributed by atoms with Gasteiger partial charge in [0.2, 0.25) is 6.36 Å². The number of fused-ring (bicyclic) bond motifs is 1. The van der Waals surface area contributed by atoms with Crippen LogP contribution < -0.4 is 10.1 Å². The number of alkyl halides is 1. The van der Waals surface area contributed by atoms with Crippen LogP contribution in [0.2, 0.25) is 0 Å². The number of aromatic nitrogens is 3. The zero-order valence-electron chi connectivity index (χ0n) is 21.1. The van der Waals surface area contributed by atoms with E-state index in [4.69, 9.17) is 14.6 Å². The van der Waals surface area contributed by atoms with E-state index >= 15 is 0 Å². The zero-order chi connectivity index (χ0) is 25.2. The maximum Gasteiger partial charge on any atom is 0.253 e. The monoisotopic (exact) mass is 495 g/mol. The molecule has 1 aliphatic carbocycles. The van der Waals surface area contributed by atoms with Crippen LogP contribution in [-0.2, 0) is 4.74 Å². The number of rotatable bonds is 7. The van der Waals surface area contributed by atoms with Gasteiger partial charge in [-0.1, -0.05) is 12.1 Å². The van der Waals surface area contributed by atoms with E-state index in [0.29, 0.717) is 28.6 Å². The fourth-order valence-electron chi connectivity index (χ4n) is 5.34. The number of halogens is 1. The molecule has 3 aromatic rings. The number of pyridine rings is 1. The normalized spacial score (nSPS) is 21.7. The van der Waals surface area contributed by atoms with E-state index < -0.39 is 6.36 Å². The minimum Gasteiger partial charge on any atom is -0.461 e. The van der Waals surface area contributed by atoms with Gasteiger partial charge in [0, 0.05) is 49.9 Å². The topological polar surface area (TPSA) is 81.5 Å². The fourth-order valence-corrected chi connectivity index (χ4v) is 5.34. The molecule has 1 N–H and O–H groups in total. The molecular formula is C27H34FN5O3. The Morgan fingerprint density at radius 1 is 1.19 bits per heavy atom. The van der Waals surface area contributed by atoms with Gasteiger partial charge < -0.3 is 14.8 Å². The highest BCUT2D eigenvalue weighted by atomic mass is 19.1. The molecule has 1 saturated heterocycles. The van der Waals surface area contributed by atoms with Crippen LogP contribution in [0, 0.1) is 0 Å². The van der Waals surface area contributed by atoms with Crippen molar-refractivity contribution in [1.82, 2.24) is 25.0 Å². The van der Waals surface area contributed by atoms with Crippen molar-refractivity contribution in [3.8, 4) is 17.0 Å². The van der Waals surface area contributed by atoms with Crippen molar-refractivity contribution >= 4 is 16.9 Å². The summed E-state index contributed by atoms with van der Waals surface area (Å²) in [6.07, 6.45) is 3.39. The zero-order valence-corrected chi connectivity index (χ0v) is 21.1. The summed E-state index contributed by atoms with van der Waals surface area (Å²) >= 11 is 0. The molecule has 3 heterocycles. The average molecular weight is 496 g/mol. The summed E-state index contributed by atoms with van der Waals surface area (Å²) in [5.41, 5.74) is 3.45. The quantitative estimate of drug-likeness (QED) is 0.525. The third-order valence-corrected chi connectivity index (χ3v) is 7.01. The number of morpholine rings is 1. The maximum absolute atomic E-state index is 13.4. The average Bonchev–Trinajstić information content (AvgIpc) is 3.48. The van der Waals surface area contributed by atoms with E-state index in [0.717, 1.165) is 56.6 Å². The van der Waals surface area contributed by atoms with E-state index in [1.165, 1.54) is 6.92 Å². The first-order valence-electron chi connectivity index (χ1n) is 12.8. The van der Waals surface area contributed by atoms with Gasteiger partial charge in [-0.3, -0.25) is 19.4 Å². The number of amides is 1. The lowest BCUT2D eigenvalue weighted by Crippen LogP contribution is -2.52. The van der Waals surface area contributed by atoms with Gasteiger partial charge in [0.25, 0.3) is 5.91 Å². The minimum atomic E-state index is -1.41. The van der Waals surface area contributed by atoms with Gasteiger partial charge in [-0.05, 0) is 51.3 Å². The van der Waals surface area contributed by atoms with Crippen LogP contribution in [0.15, 0.2) is 36.5 Å². The van der Waals surface area contributed by atoms with Crippen molar-refractivity contribution in [3.63, 3.8) is 0 Å². The number of hydrogen-bond donors (Lipinski definition) is 1. The number of ether oxygens (including phenoxy) is 2. The van der Waals surface area contributed by atoms with E-state index in [2.05, 4.69) is 15.2 Å². The Labute approximate surface area is 210 Å². The van der Waals surface area contributed by atoms with Gasteiger partial charge in [0.15, 0.2) is 0 Å². The fraction of sp³-hybridized carbons (Fsp3) is 0.519. The van der Waals surface area contributed by atoms with Crippen molar-refractivity contribution < 1.29 is 18.7 Å². The molecule has 8 nitrogen and oxygen atoms in total. The minimum absolute atomic E-state index is 0.0622.